The maximum Gasteiger partial charge on any atom is 0.271 e. The highest BCUT2D eigenvalue weighted by molar-refractivity contribution is 6.42. The summed E-state index contributed by atoms with van der Waals surface area (Å²) in [5, 5.41) is 0.471. The molecule has 0 saturated carbocycles. The van der Waals surface area contributed by atoms with E-state index in [0.29, 0.717) is 0 Å². The third kappa shape index (κ3) is 3.01. The zero-order valence-corrected chi connectivity index (χ0v) is 9.82. The van der Waals surface area contributed by atoms with E-state index in [1.54, 1.807) is 0 Å². The molecule has 1 aromatic carbocycles. The molecule has 0 unspecified atom stereocenters. The first kappa shape index (κ1) is 12.6. The van der Waals surface area contributed by atoms with E-state index in [1.165, 1.54) is 19.1 Å². The molecule has 0 aliphatic carbocycles. The predicted molar refractivity (Wildman–Crippen MR) is 62.2 cm³/mol. The summed E-state index contributed by atoms with van der Waals surface area (Å²) < 4.78 is 0. The molecule has 0 fully saturated rings. The zero-order valence-electron chi connectivity index (χ0n) is 8.30. The van der Waals surface area contributed by atoms with E-state index in [2.05, 4.69) is 10.9 Å². The van der Waals surface area contributed by atoms with Crippen molar-refractivity contribution in [1.29, 1.82) is 0 Å². The molecule has 0 saturated heterocycles. The van der Waals surface area contributed by atoms with Crippen molar-refractivity contribution < 1.29 is 9.59 Å². The lowest BCUT2D eigenvalue weighted by Crippen LogP contribution is -2.40. The summed E-state index contributed by atoms with van der Waals surface area (Å²) in [6.07, 6.45) is 0. The minimum absolute atomic E-state index is 0.142. The third-order valence-corrected chi connectivity index (χ3v) is 2.41. The molecule has 0 spiro atoms. The topological polar surface area (TPSA) is 84.2 Å². The predicted octanol–water partition coefficient (Wildman–Crippen LogP) is 1.36. The second kappa shape index (κ2) is 5.05. The Morgan fingerprint density at radius 3 is 2.31 bits per heavy atom. The van der Waals surface area contributed by atoms with Crippen LogP contribution in [-0.2, 0) is 4.79 Å². The highest BCUT2D eigenvalue weighted by atomic mass is 35.5. The van der Waals surface area contributed by atoms with E-state index in [4.69, 9.17) is 28.9 Å². The van der Waals surface area contributed by atoms with Crippen molar-refractivity contribution in [2.24, 2.45) is 0 Å². The van der Waals surface area contributed by atoms with Gasteiger partial charge in [-0.2, -0.15) is 0 Å². The van der Waals surface area contributed by atoms with Crippen LogP contribution in [0.1, 0.15) is 17.3 Å². The Hall–Kier alpha value is -1.46. The molecule has 16 heavy (non-hydrogen) atoms. The molecular weight excluding hydrogens is 253 g/mol. The van der Waals surface area contributed by atoms with Crippen LogP contribution < -0.4 is 16.6 Å². The molecule has 86 valence electrons. The summed E-state index contributed by atoms with van der Waals surface area (Å²) in [7, 11) is 0. The van der Waals surface area contributed by atoms with Crippen LogP contribution in [0.5, 0.6) is 0 Å². The first-order valence-corrected chi connectivity index (χ1v) is 4.99. The van der Waals surface area contributed by atoms with Gasteiger partial charge in [0, 0.05) is 12.6 Å². The van der Waals surface area contributed by atoms with Crippen molar-refractivity contribution in [2.45, 2.75) is 6.92 Å². The van der Waals surface area contributed by atoms with Gasteiger partial charge in [0.05, 0.1) is 15.6 Å². The van der Waals surface area contributed by atoms with Crippen molar-refractivity contribution in [2.75, 3.05) is 5.73 Å². The van der Waals surface area contributed by atoms with Crippen LogP contribution in [0.15, 0.2) is 12.1 Å². The fourth-order valence-corrected chi connectivity index (χ4v) is 1.31. The molecule has 0 aliphatic rings. The van der Waals surface area contributed by atoms with E-state index in [1.807, 2.05) is 0 Å². The molecule has 1 rings (SSSR count). The average molecular weight is 262 g/mol. The molecule has 0 heterocycles. The Morgan fingerprint density at radius 2 is 1.75 bits per heavy atom. The number of amides is 2. The average Bonchev–Trinajstić information content (AvgIpc) is 2.20. The summed E-state index contributed by atoms with van der Waals surface area (Å²) in [5.41, 5.74) is 10.2. The lowest BCUT2D eigenvalue weighted by atomic mass is 10.2. The van der Waals surface area contributed by atoms with Gasteiger partial charge in [0.15, 0.2) is 0 Å². The van der Waals surface area contributed by atoms with Gasteiger partial charge in [0.1, 0.15) is 0 Å². The monoisotopic (exact) mass is 261 g/mol. The molecule has 0 bridgehead atoms. The molecule has 7 heteroatoms. The van der Waals surface area contributed by atoms with Crippen LogP contribution in [0.4, 0.5) is 5.69 Å². The number of anilines is 1. The van der Waals surface area contributed by atoms with Gasteiger partial charge in [-0.15, -0.1) is 0 Å². The first-order valence-electron chi connectivity index (χ1n) is 4.23. The Labute approximate surface area is 102 Å². The standard InChI is InChI=1S/C9H9Cl2N3O2/c1-4(15)13-14-9(16)5-2-6(10)7(11)3-8(5)12/h2-3H,12H2,1H3,(H,13,15)(H,14,16). The smallest absolute Gasteiger partial charge is 0.271 e. The van der Waals surface area contributed by atoms with Gasteiger partial charge in [-0.25, -0.2) is 0 Å². The third-order valence-electron chi connectivity index (χ3n) is 1.69. The molecule has 1 aromatic rings. The van der Waals surface area contributed by atoms with Gasteiger partial charge in [-0.1, -0.05) is 23.2 Å². The number of rotatable bonds is 1. The van der Waals surface area contributed by atoms with Gasteiger partial charge < -0.3 is 5.73 Å². The quantitative estimate of drug-likeness (QED) is 0.527. The number of benzene rings is 1. The summed E-state index contributed by atoms with van der Waals surface area (Å²) in [5.74, 6) is -0.960. The fourth-order valence-electron chi connectivity index (χ4n) is 0.971. The van der Waals surface area contributed by atoms with Crippen molar-refractivity contribution >= 4 is 40.7 Å². The van der Waals surface area contributed by atoms with Gasteiger partial charge in [-0.05, 0) is 12.1 Å². The number of nitrogens with one attached hydrogen (secondary N) is 2. The summed E-state index contributed by atoms with van der Waals surface area (Å²) in [6.45, 7) is 1.26. The number of hydrogen-bond acceptors (Lipinski definition) is 3. The Balaban J connectivity index is 2.91. The van der Waals surface area contributed by atoms with Crippen molar-refractivity contribution in [3.8, 4) is 0 Å². The van der Waals surface area contributed by atoms with Crippen LogP contribution in [0, 0.1) is 0 Å². The highest BCUT2D eigenvalue weighted by Gasteiger charge is 2.12. The number of nitrogen functional groups attached to an aromatic ring is 1. The van der Waals surface area contributed by atoms with Crippen LogP contribution in [0.2, 0.25) is 10.0 Å². The fraction of sp³-hybridized carbons (Fsp3) is 0.111. The van der Waals surface area contributed by atoms with Gasteiger partial charge in [0.2, 0.25) is 5.91 Å². The zero-order chi connectivity index (χ0) is 12.3. The van der Waals surface area contributed by atoms with E-state index >= 15 is 0 Å². The SMILES string of the molecule is CC(=O)NNC(=O)c1cc(Cl)c(Cl)cc1N. The van der Waals surface area contributed by atoms with Crippen LogP contribution in [0.25, 0.3) is 0 Å². The molecule has 0 radical (unpaired) electrons. The lowest BCUT2D eigenvalue weighted by molar-refractivity contribution is -0.119. The largest absolute Gasteiger partial charge is 0.398 e. The lowest BCUT2D eigenvalue weighted by Gasteiger charge is -2.08. The van der Waals surface area contributed by atoms with Crippen LogP contribution in [-0.4, -0.2) is 11.8 Å². The number of nitrogens with two attached hydrogens (primary N) is 1. The Kier molecular flexibility index (Phi) is 3.98. The van der Waals surface area contributed by atoms with E-state index in [-0.39, 0.29) is 21.3 Å². The molecular formula is C9H9Cl2N3O2. The molecule has 2 amide bonds. The number of halogens is 2. The van der Waals surface area contributed by atoms with Crippen molar-refractivity contribution in [1.82, 2.24) is 10.9 Å². The summed E-state index contributed by atoms with van der Waals surface area (Å²) >= 11 is 11.4. The van der Waals surface area contributed by atoms with Gasteiger partial charge in [-0.3, -0.25) is 20.4 Å². The molecule has 0 atom stereocenters. The van der Waals surface area contributed by atoms with Crippen molar-refractivity contribution in [3.05, 3.63) is 27.7 Å². The van der Waals surface area contributed by atoms with Crippen LogP contribution >= 0.6 is 23.2 Å². The summed E-state index contributed by atoms with van der Waals surface area (Å²) in [4.78, 5) is 22.1. The maximum absolute atomic E-state index is 11.5. The minimum Gasteiger partial charge on any atom is -0.398 e. The van der Waals surface area contributed by atoms with Crippen LogP contribution in [0.3, 0.4) is 0 Å². The number of hydrogen-bond donors (Lipinski definition) is 3. The minimum atomic E-state index is -0.564. The molecule has 4 N–H and O–H groups in total. The second-order valence-electron chi connectivity index (χ2n) is 2.99. The normalized spacial score (nSPS) is 9.69. The highest BCUT2D eigenvalue weighted by Crippen LogP contribution is 2.27. The second-order valence-corrected chi connectivity index (χ2v) is 3.80. The summed E-state index contributed by atoms with van der Waals surface area (Å²) in [6, 6.07) is 2.70. The number of carbonyl (C=O) groups is 2. The van der Waals surface area contributed by atoms with Crippen molar-refractivity contribution in [3.63, 3.8) is 0 Å². The first-order chi connectivity index (χ1) is 7.41. The molecule has 5 nitrogen and oxygen atoms in total. The number of hydrazine groups is 1. The van der Waals surface area contributed by atoms with E-state index in [0.717, 1.165) is 0 Å². The van der Waals surface area contributed by atoms with E-state index < -0.39 is 11.8 Å². The number of carbonyl (C=O) groups excluding carboxylic acids is 2. The molecule has 0 aliphatic heterocycles. The molecule has 0 aromatic heterocycles. The maximum atomic E-state index is 11.5. The Bertz CT molecular complexity index is 449. The van der Waals surface area contributed by atoms with Gasteiger partial charge in [0.25, 0.3) is 5.91 Å². The van der Waals surface area contributed by atoms with E-state index in [9.17, 15) is 9.59 Å². The van der Waals surface area contributed by atoms with Gasteiger partial charge >= 0.3 is 0 Å². The Morgan fingerprint density at radius 1 is 1.19 bits per heavy atom.